The molecule has 2 rings (SSSR count). The van der Waals surface area contributed by atoms with Crippen molar-refractivity contribution in [2.24, 2.45) is 0 Å². The van der Waals surface area contributed by atoms with E-state index in [2.05, 4.69) is 0 Å². The van der Waals surface area contributed by atoms with E-state index >= 15 is 0 Å². The third-order valence-corrected chi connectivity index (χ3v) is 5.78. The van der Waals surface area contributed by atoms with E-state index in [4.69, 9.17) is 0 Å². The number of carbonyl (C=O) groups excluding carboxylic acids is 2. The smallest absolute Gasteiger partial charge is 0.168 e. The summed E-state index contributed by atoms with van der Waals surface area (Å²) in [7, 11) is 3.75. The van der Waals surface area contributed by atoms with Gasteiger partial charge in [0.15, 0.2) is 11.6 Å². The van der Waals surface area contributed by atoms with Crippen LogP contribution >= 0.6 is 23.5 Å². The Morgan fingerprint density at radius 2 is 1.76 bits per heavy atom. The second kappa shape index (κ2) is 5.14. The summed E-state index contributed by atoms with van der Waals surface area (Å²) in [5, 5.41) is 9.78. The van der Waals surface area contributed by atoms with E-state index in [1.807, 2.05) is 19.0 Å². The molecule has 4 nitrogen and oxygen atoms in total. The Hall–Kier alpha value is -0.300. The second-order valence-corrected chi connectivity index (χ2v) is 6.86. The van der Waals surface area contributed by atoms with E-state index in [1.165, 1.54) is 23.5 Å². The zero-order valence-electron chi connectivity index (χ0n) is 9.80. The number of aliphatic hydroxyl groups excluding tert-OH is 1. The highest BCUT2D eigenvalue weighted by atomic mass is 32.2. The molecule has 6 heteroatoms. The number of Topliss-reactive ketones (excluding diaryl/α,β-unsaturated/α-hetero) is 2. The van der Waals surface area contributed by atoms with Crippen molar-refractivity contribution in [3.8, 4) is 0 Å². The van der Waals surface area contributed by atoms with Crippen LogP contribution in [-0.4, -0.2) is 46.5 Å². The van der Waals surface area contributed by atoms with Crippen LogP contribution in [0.5, 0.6) is 0 Å². The molecule has 1 heterocycles. The summed E-state index contributed by atoms with van der Waals surface area (Å²) in [4.78, 5) is 25.4. The van der Waals surface area contributed by atoms with E-state index in [9.17, 15) is 14.7 Å². The van der Waals surface area contributed by atoms with E-state index in [0.717, 1.165) is 0 Å². The van der Waals surface area contributed by atoms with Crippen LogP contribution in [0.15, 0.2) is 9.81 Å². The van der Waals surface area contributed by atoms with Crippen LogP contribution < -0.4 is 0 Å². The molecule has 0 radical (unpaired) electrons. The van der Waals surface area contributed by atoms with Crippen LogP contribution in [0.2, 0.25) is 0 Å². The molecule has 0 aromatic rings. The molecule has 0 aromatic heterocycles. The number of thioether (sulfide) groups is 2. The number of allylic oxidation sites excluding steroid dienone is 1. The minimum absolute atomic E-state index is 0.0668. The number of ketones is 2. The van der Waals surface area contributed by atoms with Gasteiger partial charge < -0.3 is 5.11 Å². The minimum atomic E-state index is -0.583. The van der Waals surface area contributed by atoms with Crippen LogP contribution in [0.3, 0.4) is 0 Å². The maximum absolute atomic E-state index is 11.8. The van der Waals surface area contributed by atoms with Crippen molar-refractivity contribution in [2.45, 2.75) is 30.1 Å². The van der Waals surface area contributed by atoms with Gasteiger partial charge >= 0.3 is 0 Å². The predicted octanol–water partition coefficient (Wildman–Crippen LogP) is 1.21. The number of aliphatic hydroxyl groups is 1. The molecule has 94 valence electrons. The highest BCUT2D eigenvalue weighted by Crippen LogP contribution is 2.49. The fourth-order valence-electron chi connectivity index (χ4n) is 1.88. The highest BCUT2D eigenvalue weighted by Gasteiger charge is 2.37. The van der Waals surface area contributed by atoms with Gasteiger partial charge in [0, 0.05) is 12.8 Å². The Morgan fingerprint density at radius 3 is 2.24 bits per heavy atom. The first-order valence-corrected chi connectivity index (χ1v) is 7.25. The summed E-state index contributed by atoms with van der Waals surface area (Å²) in [6.07, 6.45) is 1.56. The van der Waals surface area contributed by atoms with E-state index in [-0.39, 0.29) is 16.9 Å². The quantitative estimate of drug-likeness (QED) is 0.572. The average Bonchev–Trinajstić information content (AvgIpc) is 2.60. The largest absolute Gasteiger partial charge is 0.379 e. The zero-order chi connectivity index (χ0) is 12.6. The van der Waals surface area contributed by atoms with Crippen molar-refractivity contribution in [1.29, 1.82) is 0 Å². The van der Waals surface area contributed by atoms with Gasteiger partial charge in [-0.15, -0.1) is 0 Å². The van der Waals surface area contributed by atoms with Gasteiger partial charge in [0.05, 0.1) is 15.2 Å². The number of nitrogens with zero attached hydrogens (tertiary/aromatic N) is 1. The summed E-state index contributed by atoms with van der Waals surface area (Å²) in [5.41, 5.74) is -0.255. The lowest BCUT2D eigenvalue weighted by molar-refractivity contribution is -0.123. The Labute approximate surface area is 109 Å². The van der Waals surface area contributed by atoms with Crippen molar-refractivity contribution in [3.05, 3.63) is 9.81 Å². The summed E-state index contributed by atoms with van der Waals surface area (Å²) < 4.78 is 0.700. The minimum Gasteiger partial charge on any atom is -0.379 e. The molecule has 1 saturated carbocycles. The molecule has 1 N–H and O–H groups in total. The molecule has 2 aliphatic rings. The predicted molar refractivity (Wildman–Crippen MR) is 69.6 cm³/mol. The van der Waals surface area contributed by atoms with Crippen LogP contribution in [0.25, 0.3) is 0 Å². The number of carbonyl (C=O) groups is 2. The van der Waals surface area contributed by atoms with Crippen LogP contribution in [0.1, 0.15) is 19.3 Å². The topological polar surface area (TPSA) is 57.6 Å². The molecule has 2 unspecified atom stereocenters. The second-order valence-electron chi connectivity index (χ2n) is 4.34. The standard InChI is InChI=1S/C11H15NO3S2/c1-12(2)9-10(15)17-11(16-9)8-6(13)4-3-5-7(8)14/h9-10,15H,3-5H2,1-2H3. The Bertz CT molecular complexity index is 374. The van der Waals surface area contributed by atoms with Gasteiger partial charge in [0.1, 0.15) is 5.44 Å². The van der Waals surface area contributed by atoms with Crippen LogP contribution in [-0.2, 0) is 9.59 Å². The number of hydrogen-bond donors (Lipinski definition) is 1. The Morgan fingerprint density at radius 1 is 1.18 bits per heavy atom. The van der Waals surface area contributed by atoms with Crippen LogP contribution in [0, 0.1) is 0 Å². The number of likely N-dealkylation sites (N-methyl/N-ethyl adjacent to an activating group) is 1. The molecule has 0 spiro atoms. The lowest BCUT2D eigenvalue weighted by atomic mass is 9.94. The molecule has 0 bridgehead atoms. The van der Waals surface area contributed by atoms with Crippen molar-refractivity contribution in [1.82, 2.24) is 4.90 Å². The maximum Gasteiger partial charge on any atom is 0.168 e. The summed E-state index contributed by atoms with van der Waals surface area (Å²) in [6.45, 7) is 0. The third-order valence-electron chi connectivity index (χ3n) is 2.78. The lowest BCUT2D eigenvalue weighted by Gasteiger charge is -2.19. The van der Waals surface area contributed by atoms with Gasteiger partial charge in [0.25, 0.3) is 0 Å². The molecular weight excluding hydrogens is 258 g/mol. The number of hydrogen-bond acceptors (Lipinski definition) is 6. The highest BCUT2D eigenvalue weighted by molar-refractivity contribution is 8.25. The zero-order valence-corrected chi connectivity index (χ0v) is 11.4. The molecule has 1 aliphatic heterocycles. The van der Waals surface area contributed by atoms with Gasteiger partial charge in [-0.1, -0.05) is 23.5 Å². The summed E-state index contributed by atoms with van der Waals surface area (Å²) >= 11 is 2.65. The van der Waals surface area contributed by atoms with E-state index < -0.39 is 5.44 Å². The monoisotopic (exact) mass is 273 g/mol. The van der Waals surface area contributed by atoms with Crippen molar-refractivity contribution in [3.63, 3.8) is 0 Å². The van der Waals surface area contributed by atoms with E-state index in [1.54, 1.807) is 0 Å². The number of rotatable bonds is 1. The van der Waals surface area contributed by atoms with Crippen LogP contribution in [0.4, 0.5) is 0 Å². The molecular formula is C11H15NO3S2. The van der Waals surface area contributed by atoms with Gasteiger partial charge in [0.2, 0.25) is 0 Å². The first-order valence-electron chi connectivity index (χ1n) is 5.49. The first kappa shape index (κ1) is 13.1. The van der Waals surface area contributed by atoms with Gasteiger partial charge in [-0.3, -0.25) is 14.5 Å². The maximum atomic E-state index is 11.8. The SMILES string of the molecule is CN(C)C1SC(=C2C(=O)CCCC2=O)SC1O. The van der Waals surface area contributed by atoms with Gasteiger partial charge in [-0.25, -0.2) is 0 Å². The molecule has 0 amide bonds. The van der Waals surface area contributed by atoms with Crippen molar-refractivity contribution < 1.29 is 14.7 Å². The fraction of sp³-hybridized carbons (Fsp3) is 0.636. The molecule has 1 saturated heterocycles. The molecule has 17 heavy (non-hydrogen) atoms. The fourth-order valence-corrected chi connectivity index (χ4v) is 4.85. The summed E-state index contributed by atoms with van der Waals surface area (Å²) in [5.74, 6) is -0.134. The lowest BCUT2D eigenvalue weighted by Crippen LogP contribution is -2.30. The third kappa shape index (κ3) is 2.59. The Balaban J connectivity index is 2.27. The van der Waals surface area contributed by atoms with E-state index in [0.29, 0.717) is 29.1 Å². The van der Waals surface area contributed by atoms with Crippen molar-refractivity contribution in [2.75, 3.05) is 14.1 Å². The normalized spacial score (nSPS) is 30.6. The molecule has 1 aliphatic carbocycles. The van der Waals surface area contributed by atoms with Gasteiger partial charge in [-0.05, 0) is 20.5 Å². The molecule has 2 fully saturated rings. The Kier molecular flexibility index (Phi) is 3.97. The van der Waals surface area contributed by atoms with Gasteiger partial charge in [-0.2, -0.15) is 0 Å². The average molecular weight is 273 g/mol. The molecule has 2 atom stereocenters. The molecule has 0 aromatic carbocycles. The summed E-state index contributed by atoms with van der Waals surface area (Å²) in [6, 6.07) is 0. The van der Waals surface area contributed by atoms with Crippen molar-refractivity contribution >= 4 is 35.1 Å². The first-order chi connectivity index (χ1) is 8.00.